The van der Waals surface area contributed by atoms with Gasteiger partial charge in [0.1, 0.15) is 0 Å². The average molecular weight is 163 g/mol. The molecule has 0 radical (unpaired) electrons. The summed E-state index contributed by atoms with van der Waals surface area (Å²) in [5.74, 6) is 0. The maximum Gasteiger partial charge on any atom is 0.0342 e. The van der Waals surface area contributed by atoms with E-state index in [0.29, 0.717) is 0 Å². The Labute approximate surface area is 75.1 Å². The van der Waals surface area contributed by atoms with Crippen LogP contribution in [0, 0.1) is 13.8 Å². The molecule has 0 aliphatic rings. The second kappa shape index (κ2) is 5.42. The van der Waals surface area contributed by atoms with Crippen molar-refractivity contribution >= 4 is 5.69 Å². The molecule has 0 aliphatic heterocycles. The molecule has 0 spiro atoms. The smallest absolute Gasteiger partial charge is 0.0342 e. The first-order valence-corrected chi connectivity index (χ1v) is 3.98. The molecular formula is C11H17N. The number of hydrogen-bond acceptors (Lipinski definition) is 1. The van der Waals surface area contributed by atoms with Crippen molar-refractivity contribution < 1.29 is 0 Å². The topological polar surface area (TPSA) is 12.0 Å². The molecule has 0 amide bonds. The molecule has 0 unspecified atom stereocenters. The highest BCUT2D eigenvalue weighted by atomic mass is 14.8. The molecule has 1 heteroatoms. The van der Waals surface area contributed by atoms with E-state index in [-0.39, 0.29) is 0 Å². The molecule has 1 N–H and O–H groups in total. The lowest BCUT2D eigenvalue weighted by molar-refractivity contribution is 1.36. The van der Waals surface area contributed by atoms with Gasteiger partial charge in [-0.25, -0.2) is 0 Å². The molecule has 0 fully saturated rings. The van der Waals surface area contributed by atoms with Crippen LogP contribution in [0.4, 0.5) is 5.69 Å². The highest BCUT2D eigenvalue weighted by Gasteiger charge is 1.90. The predicted octanol–water partition coefficient (Wildman–Crippen LogP) is 3.15. The van der Waals surface area contributed by atoms with E-state index in [2.05, 4.69) is 50.5 Å². The fraction of sp³-hybridized carbons (Fsp3) is 0.273. The normalized spacial score (nSPS) is 8.25. The minimum Gasteiger partial charge on any atom is -0.388 e. The minimum atomic E-state index is 1.19. The fourth-order valence-electron chi connectivity index (χ4n) is 1.12. The van der Waals surface area contributed by atoms with Crippen molar-refractivity contribution in [1.29, 1.82) is 0 Å². The van der Waals surface area contributed by atoms with Crippen LogP contribution in [0.1, 0.15) is 11.1 Å². The zero-order valence-corrected chi connectivity index (χ0v) is 8.15. The van der Waals surface area contributed by atoms with Crippen molar-refractivity contribution in [2.24, 2.45) is 0 Å². The van der Waals surface area contributed by atoms with E-state index >= 15 is 0 Å². The van der Waals surface area contributed by atoms with E-state index in [4.69, 9.17) is 0 Å². The number of hydrogen-bond donors (Lipinski definition) is 1. The second-order valence-corrected chi connectivity index (χ2v) is 2.63. The Hall–Kier alpha value is -1.24. The van der Waals surface area contributed by atoms with Crippen molar-refractivity contribution in [2.45, 2.75) is 13.8 Å². The monoisotopic (exact) mass is 163 g/mol. The first-order valence-electron chi connectivity index (χ1n) is 3.98. The summed E-state index contributed by atoms with van der Waals surface area (Å²) < 4.78 is 0. The van der Waals surface area contributed by atoms with Gasteiger partial charge in [-0.1, -0.05) is 6.07 Å². The highest BCUT2D eigenvalue weighted by Crippen LogP contribution is 2.12. The molecule has 0 atom stereocenters. The summed E-state index contributed by atoms with van der Waals surface area (Å²) in [6.45, 7) is 10.2. The maximum absolute atomic E-state index is 3.11. The van der Waals surface area contributed by atoms with E-state index in [9.17, 15) is 0 Å². The molecule has 0 aliphatic carbocycles. The predicted molar refractivity (Wildman–Crippen MR) is 56.7 cm³/mol. The second-order valence-electron chi connectivity index (χ2n) is 2.63. The van der Waals surface area contributed by atoms with Gasteiger partial charge in [0, 0.05) is 12.7 Å². The number of benzene rings is 1. The molecule has 0 saturated carbocycles. The number of aryl methyl sites for hydroxylation is 2. The van der Waals surface area contributed by atoms with Crippen LogP contribution < -0.4 is 5.32 Å². The van der Waals surface area contributed by atoms with Crippen molar-refractivity contribution in [3.8, 4) is 0 Å². The molecule has 1 aromatic rings. The Morgan fingerprint density at radius 1 is 1.00 bits per heavy atom. The standard InChI is InChI=1S/C9H13N.C2H4/c1-7-4-8(2)6-9(5-7)10-3;1-2/h4-6,10H,1-3H3;1-2H2. The minimum absolute atomic E-state index is 1.19. The van der Waals surface area contributed by atoms with Crippen molar-refractivity contribution in [2.75, 3.05) is 12.4 Å². The molecule has 0 bridgehead atoms. The van der Waals surface area contributed by atoms with E-state index in [1.807, 2.05) is 7.05 Å². The van der Waals surface area contributed by atoms with Gasteiger partial charge in [-0.15, -0.1) is 13.2 Å². The van der Waals surface area contributed by atoms with E-state index in [1.165, 1.54) is 16.8 Å². The molecular weight excluding hydrogens is 146 g/mol. The number of nitrogens with one attached hydrogen (secondary N) is 1. The van der Waals surface area contributed by atoms with Gasteiger partial charge >= 0.3 is 0 Å². The Morgan fingerprint density at radius 3 is 1.75 bits per heavy atom. The molecule has 66 valence electrons. The van der Waals surface area contributed by atoms with Crippen LogP contribution in [0.25, 0.3) is 0 Å². The van der Waals surface area contributed by atoms with E-state index < -0.39 is 0 Å². The summed E-state index contributed by atoms with van der Waals surface area (Å²) in [7, 11) is 1.94. The Kier molecular flexibility index (Phi) is 4.86. The highest BCUT2D eigenvalue weighted by molar-refractivity contribution is 5.47. The summed E-state index contributed by atoms with van der Waals surface area (Å²) >= 11 is 0. The van der Waals surface area contributed by atoms with E-state index in [1.54, 1.807) is 0 Å². The SMILES string of the molecule is C=C.CNc1cc(C)cc(C)c1. The van der Waals surface area contributed by atoms with Crippen LogP contribution in [0.2, 0.25) is 0 Å². The summed E-state index contributed by atoms with van der Waals surface area (Å²) in [6, 6.07) is 6.43. The first kappa shape index (κ1) is 10.8. The molecule has 0 saturated heterocycles. The maximum atomic E-state index is 3.11. The summed E-state index contributed by atoms with van der Waals surface area (Å²) in [4.78, 5) is 0. The largest absolute Gasteiger partial charge is 0.388 e. The lowest BCUT2D eigenvalue weighted by atomic mass is 10.1. The van der Waals surface area contributed by atoms with Gasteiger partial charge in [-0.3, -0.25) is 0 Å². The van der Waals surface area contributed by atoms with Crippen molar-refractivity contribution in [3.05, 3.63) is 42.5 Å². The Morgan fingerprint density at radius 2 is 1.42 bits per heavy atom. The van der Waals surface area contributed by atoms with Gasteiger partial charge in [-0.05, 0) is 37.1 Å². The Balaban J connectivity index is 0.000000561. The lowest BCUT2D eigenvalue weighted by Crippen LogP contribution is -1.88. The van der Waals surface area contributed by atoms with E-state index in [0.717, 1.165) is 0 Å². The molecule has 12 heavy (non-hydrogen) atoms. The first-order chi connectivity index (χ1) is 5.72. The van der Waals surface area contributed by atoms with Crippen LogP contribution >= 0.6 is 0 Å². The van der Waals surface area contributed by atoms with Gasteiger partial charge in [0.15, 0.2) is 0 Å². The van der Waals surface area contributed by atoms with Crippen LogP contribution in [0.5, 0.6) is 0 Å². The zero-order chi connectivity index (χ0) is 9.56. The zero-order valence-electron chi connectivity index (χ0n) is 8.15. The van der Waals surface area contributed by atoms with Gasteiger partial charge in [0.05, 0.1) is 0 Å². The van der Waals surface area contributed by atoms with Gasteiger partial charge in [0.25, 0.3) is 0 Å². The Bertz CT molecular complexity index is 221. The van der Waals surface area contributed by atoms with Crippen LogP contribution in [-0.4, -0.2) is 7.05 Å². The molecule has 1 nitrogen and oxygen atoms in total. The van der Waals surface area contributed by atoms with Gasteiger partial charge < -0.3 is 5.32 Å². The van der Waals surface area contributed by atoms with Crippen LogP contribution in [0.15, 0.2) is 31.4 Å². The van der Waals surface area contributed by atoms with Crippen LogP contribution in [0.3, 0.4) is 0 Å². The third-order valence-electron chi connectivity index (χ3n) is 1.51. The summed E-state index contributed by atoms with van der Waals surface area (Å²) in [5, 5.41) is 3.11. The van der Waals surface area contributed by atoms with Gasteiger partial charge in [0.2, 0.25) is 0 Å². The third-order valence-corrected chi connectivity index (χ3v) is 1.51. The third kappa shape index (κ3) is 3.24. The number of anilines is 1. The van der Waals surface area contributed by atoms with Crippen molar-refractivity contribution in [1.82, 2.24) is 0 Å². The molecule has 1 aromatic carbocycles. The fourth-order valence-corrected chi connectivity index (χ4v) is 1.12. The quantitative estimate of drug-likeness (QED) is 0.627. The van der Waals surface area contributed by atoms with Gasteiger partial charge in [-0.2, -0.15) is 0 Å². The lowest BCUT2D eigenvalue weighted by Gasteiger charge is -2.02. The summed E-state index contributed by atoms with van der Waals surface area (Å²) in [5.41, 5.74) is 3.81. The number of rotatable bonds is 1. The summed E-state index contributed by atoms with van der Waals surface area (Å²) in [6.07, 6.45) is 0. The molecule has 1 rings (SSSR count). The van der Waals surface area contributed by atoms with Crippen molar-refractivity contribution in [3.63, 3.8) is 0 Å². The van der Waals surface area contributed by atoms with Crippen LogP contribution in [-0.2, 0) is 0 Å². The molecule has 0 heterocycles. The molecule has 0 aromatic heterocycles. The average Bonchev–Trinajstić information content (AvgIpc) is 2.06.